The van der Waals surface area contributed by atoms with E-state index in [0.717, 1.165) is 23.8 Å². The van der Waals surface area contributed by atoms with Crippen molar-refractivity contribution < 1.29 is 4.42 Å². The Labute approximate surface area is 118 Å². The molecule has 0 saturated carbocycles. The molecule has 0 spiro atoms. The second kappa shape index (κ2) is 6.59. The van der Waals surface area contributed by atoms with Gasteiger partial charge in [-0.2, -0.15) is 0 Å². The zero-order valence-electron chi connectivity index (χ0n) is 11.2. The minimum Gasteiger partial charge on any atom is -0.467 e. The average molecular weight is 280 g/mol. The third kappa shape index (κ3) is 3.49. The van der Waals surface area contributed by atoms with Gasteiger partial charge in [0.05, 0.1) is 23.5 Å². The van der Waals surface area contributed by atoms with E-state index in [9.17, 15) is 0 Å². The van der Waals surface area contributed by atoms with E-state index in [1.807, 2.05) is 31.3 Å². The molecule has 0 aliphatic rings. The van der Waals surface area contributed by atoms with Gasteiger partial charge in [0.1, 0.15) is 11.6 Å². The number of pyridine rings is 1. The Morgan fingerprint density at radius 3 is 2.84 bits per heavy atom. The van der Waals surface area contributed by atoms with E-state index in [-0.39, 0.29) is 0 Å². The summed E-state index contributed by atoms with van der Waals surface area (Å²) in [6.45, 7) is 4.31. The Morgan fingerprint density at radius 2 is 2.21 bits per heavy atom. The maximum atomic E-state index is 6.13. The van der Waals surface area contributed by atoms with Crippen molar-refractivity contribution in [1.29, 1.82) is 0 Å². The second-order valence-electron chi connectivity index (χ2n) is 4.22. The van der Waals surface area contributed by atoms with Crippen molar-refractivity contribution in [2.75, 3.05) is 18.5 Å². The molecule has 4 nitrogen and oxygen atoms in total. The van der Waals surface area contributed by atoms with Crippen molar-refractivity contribution >= 4 is 17.4 Å². The number of furan rings is 1. The maximum Gasteiger partial charge on any atom is 0.129 e. The molecule has 1 N–H and O–H groups in total. The summed E-state index contributed by atoms with van der Waals surface area (Å²) in [4.78, 5) is 6.75. The molecule has 0 aliphatic carbocycles. The molecule has 0 bridgehead atoms. The Kier molecular flexibility index (Phi) is 4.82. The van der Waals surface area contributed by atoms with Crippen LogP contribution in [0, 0.1) is 0 Å². The van der Waals surface area contributed by atoms with Crippen LogP contribution in [0.3, 0.4) is 0 Å². The smallest absolute Gasteiger partial charge is 0.129 e. The highest BCUT2D eigenvalue weighted by molar-refractivity contribution is 6.31. The number of halogens is 1. The van der Waals surface area contributed by atoms with Gasteiger partial charge in [-0.15, -0.1) is 0 Å². The van der Waals surface area contributed by atoms with Crippen molar-refractivity contribution in [1.82, 2.24) is 10.3 Å². The summed E-state index contributed by atoms with van der Waals surface area (Å²) in [7, 11) is 1.88. The highest BCUT2D eigenvalue weighted by atomic mass is 35.5. The Hall–Kier alpha value is -1.52. The van der Waals surface area contributed by atoms with Crippen LogP contribution in [0.4, 0.5) is 5.82 Å². The number of rotatable bonds is 6. The van der Waals surface area contributed by atoms with E-state index in [1.165, 1.54) is 0 Å². The van der Waals surface area contributed by atoms with Gasteiger partial charge >= 0.3 is 0 Å². The van der Waals surface area contributed by atoms with Gasteiger partial charge in [-0.25, -0.2) is 4.98 Å². The van der Waals surface area contributed by atoms with Crippen LogP contribution >= 0.6 is 11.6 Å². The molecule has 2 heterocycles. The van der Waals surface area contributed by atoms with Crippen LogP contribution in [0.1, 0.15) is 18.4 Å². The third-order valence-corrected chi connectivity index (χ3v) is 3.22. The molecule has 0 unspecified atom stereocenters. The third-order valence-electron chi connectivity index (χ3n) is 2.88. The first-order valence-corrected chi connectivity index (χ1v) is 6.69. The van der Waals surface area contributed by atoms with Crippen molar-refractivity contribution in [3.05, 3.63) is 47.0 Å². The van der Waals surface area contributed by atoms with Crippen molar-refractivity contribution in [3.63, 3.8) is 0 Å². The van der Waals surface area contributed by atoms with Crippen LogP contribution in [-0.2, 0) is 13.1 Å². The molecule has 0 saturated heterocycles. The lowest BCUT2D eigenvalue weighted by atomic mass is 10.3. The normalized spacial score (nSPS) is 10.7. The summed E-state index contributed by atoms with van der Waals surface area (Å²) in [6, 6.07) is 7.69. The van der Waals surface area contributed by atoms with Crippen molar-refractivity contribution in [3.8, 4) is 0 Å². The lowest BCUT2D eigenvalue weighted by Gasteiger charge is -2.21. The summed E-state index contributed by atoms with van der Waals surface area (Å²) in [5.74, 6) is 1.84. The Bertz CT molecular complexity index is 513. The van der Waals surface area contributed by atoms with Crippen molar-refractivity contribution in [2.24, 2.45) is 0 Å². The number of nitrogens with one attached hydrogen (secondary N) is 1. The molecule has 2 aromatic heterocycles. The fraction of sp³-hybridized carbons (Fsp3) is 0.357. The molecule has 2 aromatic rings. The zero-order chi connectivity index (χ0) is 13.7. The molecule has 0 radical (unpaired) electrons. The van der Waals surface area contributed by atoms with E-state index in [1.54, 1.807) is 6.26 Å². The second-order valence-corrected chi connectivity index (χ2v) is 4.63. The van der Waals surface area contributed by atoms with Gasteiger partial charge in [-0.3, -0.25) is 0 Å². The zero-order valence-corrected chi connectivity index (χ0v) is 11.9. The molecule has 0 atom stereocenters. The first-order valence-electron chi connectivity index (χ1n) is 6.32. The van der Waals surface area contributed by atoms with Crippen LogP contribution in [-0.4, -0.2) is 18.6 Å². The highest BCUT2D eigenvalue weighted by Crippen LogP contribution is 2.20. The lowest BCUT2D eigenvalue weighted by molar-refractivity contribution is 0.502. The number of hydrogen-bond acceptors (Lipinski definition) is 4. The number of aromatic nitrogens is 1. The minimum absolute atomic E-state index is 0.658. The molecule has 0 fully saturated rings. The van der Waals surface area contributed by atoms with Crippen LogP contribution in [0.15, 0.2) is 34.9 Å². The standard InChI is InChI=1S/C14H18ClN3O/c1-3-18(10-11-5-4-8-19-11)14-7-6-12(15)13(17-14)9-16-2/h4-8,16H,3,9-10H2,1-2H3. The largest absolute Gasteiger partial charge is 0.467 e. The number of nitrogens with zero attached hydrogens (tertiary/aromatic N) is 2. The van der Waals surface area contributed by atoms with E-state index in [0.29, 0.717) is 18.1 Å². The van der Waals surface area contributed by atoms with Gasteiger partial charge in [0, 0.05) is 13.1 Å². The Balaban J connectivity index is 2.20. The number of hydrogen-bond donors (Lipinski definition) is 1. The summed E-state index contributed by atoms with van der Waals surface area (Å²) < 4.78 is 5.38. The predicted molar refractivity (Wildman–Crippen MR) is 77.4 cm³/mol. The van der Waals surface area contributed by atoms with Crippen molar-refractivity contribution in [2.45, 2.75) is 20.0 Å². The summed E-state index contributed by atoms with van der Waals surface area (Å²) in [5.41, 5.74) is 0.861. The van der Waals surface area contributed by atoms with Gasteiger partial charge in [0.25, 0.3) is 0 Å². The van der Waals surface area contributed by atoms with Crippen LogP contribution in [0.5, 0.6) is 0 Å². The monoisotopic (exact) mass is 279 g/mol. The Morgan fingerprint density at radius 1 is 1.37 bits per heavy atom. The average Bonchev–Trinajstić information content (AvgIpc) is 2.92. The molecule has 102 valence electrons. The van der Waals surface area contributed by atoms with Crippen LogP contribution in [0.25, 0.3) is 0 Å². The fourth-order valence-electron chi connectivity index (χ4n) is 1.89. The minimum atomic E-state index is 0.658. The molecular weight excluding hydrogens is 262 g/mol. The van der Waals surface area contributed by atoms with Crippen LogP contribution < -0.4 is 10.2 Å². The topological polar surface area (TPSA) is 41.3 Å². The quantitative estimate of drug-likeness (QED) is 0.882. The summed E-state index contributed by atoms with van der Waals surface area (Å²) >= 11 is 6.13. The molecule has 0 aromatic carbocycles. The first kappa shape index (κ1) is 13.9. The predicted octanol–water partition coefficient (Wildman–Crippen LogP) is 3.07. The van der Waals surface area contributed by atoms with E-state index in [4.69, 9.17) is 16.0 Å². The van der Waals surface area contributed by atoms with Crippen LogP contribution in [0.2, 0.25) is 5.02 Å². The molecule has 5 heteroatoms. The van der Waals surface area contributed by atoms with Gasteiger partial charge in [0.15, 0.2) is 0 Å². The summed E-state index contributed by atoms with van der Waals surface area (Å²) in [5, 5.41) is 3.76. The van der Waals surface area contributed by atoms with Gasteiger partial charge in [-0.05, 0) is 38.2 Å². The molecule has 0 amide bonds. The highest BCUT2D eigenvalue weighted by Gasteiger charge is 2.11. The van der Waals surface area contributed by atoms with E-state index >= 15 is 0 Å². The fourth-order valence-corrected chi connectivity index (χ4v) is 2.06. The molecule has 0 aliphatic heterocycles. The van der Waals surface area contributed by atoms with Gasteiger partial charge < -0.3 is 14.6 Å². The van der Waals surface area contributed by atoms with Gasteiger partial charge in [0.2, 0.25) is 0 Å². The summed E-state index contributed by atoms with van der Waals surface area (Å²) in [6.07, 6.45) is 1.69. The maximum absolute atomic E-state index is 6.13. The van der Waals surface area contributed by atoms with Gasteiger partial charge in [-0.1, -0.05) is 11.6 Å². The molecule has 19 heavy (non-hydrogen) atoms. The molecular formula is C14H18ClN3O. The van der Waals surface area contributed by atoms with E-state index in [2.05, 4.69) is 22.1 Å². The first-order chi connectivity index (χ1) is 9.24. The lowest BCUT2D eigenvalue weighted by Crippen LogP contribution is -2.23. The number of anilines is 1. The molecule has 2 rings (SSSR count). The van der Waals surface area contributed by atoms with E-state index < -0.39 is 0 Å². The SMILES string of the molecule is CCN(Cc1ccco1)c1ccc(Cl)c(CNC)n1.